The molecular formula is C12H16O4S. The lowest BCUT2D eigenvalue weighted by molar-refractivity contribution is -0.117. The average Bonchev–Trinajstić information content (AvgIpc) is 2.28. The second-order valence-corrected chi connectivity index (χ2v) is 5.85. The van der Waals surface area contributed by atoms with Crippen molar-refractivity contribution in [3.05, 3.63) is 24.3 Å². The Morgan fingerprint density at radius 2 is 1.94 bits per heavy atom. The van der Waals surface area contributed by atoms with Crippen LogP contribution in [0.1, 0.15) is 19.8 Å². The van der Waals surface area contributed by atoms with Crippen molar-refractivity contribution in [3.8, 4) is 5.75 Å². The molecule has 0 radical (unpaired) electrons. The molecule has 0 aliphatic carbocycles. The first kappa shape index (κ1) is 13.7. The molecular weight excluding hydrogens is 240 g/mol. The number of hydrogen-bond acceptors (Lipinski definition) is 4. The molecule has 0 N–H and O–H groups in total. The van der Waals surface area contributed by atoms with Gasteiger partial charge in [-0.1, -0.05) is 12.1 Å². The van der Waals surface area contributed by atoms with Gasteiger partial charge >= 0.3 is 0 Å². The maximum Gasteiger partial charge on any atom is 0.182 e. The number of carbonyl (C=O) groups is 1. The first-order valence-electron chi connectivity index (χ1n) is 5.32. The van der Waals surface area contributed by atoms with Crippen molar-refractivity contribution in [1.29, 1.82) is 0 Å². The Kier molecular flexibility index (Phi) is 4.69. The quantitative estimate of drug-likeness (QED) is 0.779. The van der Waals surface area contributed by atoms with E-state index in [0.29, 0.717) is 12.2 Å². The van der Waals surface area contributed by atoms with Crippen molar-refractivity contribution in [2.24, 2.45) is 0 Å². The summed E-state index contributed by atoms with van der Waals surface area (Å²) in [5, 5.41) is 0. The van der Waals surface area contributed by atoms with Gasteiger partial charge in [0, 0.05) is 6.42 Å². The third-order valence-electron chi connectivity index (χ3n) is 2.35. The standard InChI is InChI=1S/C12H16O4S/c1-10(13)6-5-9-17(14,15)12-8-4-3-7-11(12)16-2/h3-4,7-8H,5-6,9H2,1-2H3. The minimum atomic E-state index is -3.38. The molecule has 17 heavy (non-hydrogen) atoms. The molecule has 0 amide bonds. The predicted octanol–water partition coefficient (Wildman–Crippen LogP) is 1.84. The second kappa shape index (κ2) is 5.82. The second-order valence-electron chi connectivity index (χ2n) is 3.78. The van der Waals surface area contributed by atoms with Gasteiger partial charge in [-0.2, -0.15) is 0 Å². The Balaban J connectivity index is 2.86. The first-order chi connectivity index (χ1) is 7.97. The molecule has 1 rings (SSSR count). The number of methoxy groups -OCH3 is 1. The molecule has 0 saturated heterocycles. The number of Topliss-reactive ketones (excluding diaryl/α,β-unsaturated/α-hetero) is 1. The van der Waals surface area contributed by atoms with Crippen molar-refractivity contribution < 1.29 is 17.9 Å². The van der Waals surface area contributed by atoms with Crippen LogP contribution in [0.15, 0.2) is 29.2 Å². The molecule has 0 unspecified atom stereocenters. The van der Waals surface area contributed by atoms with E-state index in [9.17, 15) is 13.2 Å². The number of ether oxygens (including phenoxy) is 1. The van der Waals surface area contributed by atoms with Gasteiger partial charge in [0.2, 0.25) is 0 Å². The summed E-state index contributed by atoms with van der Waals surface area (Å²) in [4.78, 5) is 11.0. The Morgan fingerprint density at radius 3 is 2.53 bits per heavy atom. The molecule has 0 spiro atoms. The Hall–Kier alpha value is -1.36. The van der Waals surface area contributed by atoms with Crippen molar-refractivity contribution in [3.63, 3.8) is 0 Å². The third-order valence-corrected chi connectivity index (χ3v) is 4.18. The van der Waals surface area contributed by atoms with Crippen molar-refractivity contribution in [1.82, 2.24) is 0 Å². The number of carbonyl (C=O) groups excluding carboxylic acids is 1. The van der Waals surface area contributed by atoms with Gasteiger partial charge in [0.05, 0.1) is 12.9 Å². The third kappa shape index (κ3) is 3.85. The van der Waals surface area contributed by atoms with Crippen LogP contribution in [0.2, 0.25) is 0 Å². The van der Waals surface area contributed by atoms with Crippen LogP contribution >= 0.6 is 0 Å². The number of hydrogen-bond donors (Lipinski definition) is 0. The fourth-order valence-corrected chi connectivity index (χ4v) is 2.98. The number of sulfone groups is 1. The van der Waals surface area contributed by atoms with Gasteiger partial charge in [0.15, 0.2) is 9.84 Å². The fourth-order valence-electron chi connectivity index (χ4n) is 1.50. The number of para-hydroxylation sites is 1. The maximum atomic E-state index is 12.0. The summed E-state index contributed by atoms with van der Waals surface area (Å²) >= 11 is 0. The highest BCUT2D eigenvalue weighted by Gasteiger charge is 2.18. The van der Waals surface area contributed by atoms with Crippen LogP contribution in [0.5, 0.6) is 5.75 Å². The summed E-state index contributed by atoms with van der Waals surface area (Å²) in [5.41, 5.74) is 0. The van der Waals surface area contributed by atoms with Crippen LogP contribution in [-0.4, -0.2) is 27.1 Å². The van der Waals surface area contributed by atoms with Crippen LogP contribution in [0.4, 0.5) is 0 Å². The van der Waals surface area contributed by atoms with Crippen LogP contribution in [-0.2, 0) is 14.6 Å². The van der Waals surface area contributed by atoms with E-state index in [-0.39, 0.29) is 22.9 Å². The van der Waals surface area contributed by atoms with E-state index >= 15 is 0 Å². The van der Waals surface area contributed by atoms with Crippen LogP contribution < -0.4 is 4.74 Å². The zero-order valence-corrected chi connectivity index (χ0v) is 10.8. The normalized spacial score (nSPS) is 11.2. The van der Waals surface area contributed by atoms with E-state index in [1.165, 1.54) is 20.1 Å². The number of benzene rings is 1. The average molecular weight is 256 g/mol. The summed E-state index contributed by atoms with van der Waals surface area (Å²) in [6.45, 7) is 1.45. The van der Waals surface area contributed by atoms with Crippen LogP contribution in [0.25, 0.3) is 0 Å². The van der Waals surface area contributed by atoms with Gasteiger partial charge < -0.3 is 9.53 Å². The summed E-state index contributed by atoms with van der Waals surface area (Å²) in [6.07, 6.45) is 0.629. The van der Waals surface area contributed by atoms with Crippen LogP contribution in [0, 0.1) is 0 Å². The highest BCUT2D eigenvalue weighted by atomic mass is 32.2. The lowest BCUT2D eigenvalue weighted by Crippen LogP contribution is -2.09. The van der Waals surface area contributed by atoms with E-state index in [1.807, 2.05) is 0 Å². The maximum absolute atomic E-state index is 12.0. The number of rotatable bonds is 6. The Bertz CT molecular complexity index is 491. The van der Waals surface area contributed by atoms with Gasteiger partial charge in [-0.15, -0.1) is 0 Å². The molecule has 0 bridgehead atoms. The predicted molar refractivity (Wildman–Crippen MR) is 65.0 cm³/mol. The monoisotopic (exact) mass is 256 g/mol. The molecule has 1 aromatic rings. The molecule has 0 fully saturated rings. The zero-order valence-electron chi connectivity index (χ0n) is 9.97. The van der Waals surface area contributed by atoms with Gasteiger partial charge in [-0.05, 0) is 25.5 Å². The largest absolute Gasteiger partial charge is 0.495 e. The highest BCUT2D eigenvalue weighted by Crippen LogP contribution is 2.24. The van der Waals surface area contributed by atoms with Gasteiger partial charge in [0.25, 0.3) is 0 Å². The zero-order chi connectivity index (χ0) is 12.9. The molecule has 0 atom stereocenters. The van der Waals surface area contributed by atoms with E-state index in [0.717, 1.165) is 0 Å². The van der Waals surface area contributed by atoms with Gasteiger partial charge in [0.1, 0.15) is 16.4 Å². The topological polar surface area (TPSA) is 60.4 Å². The molecule has 0 aliphatic rings. The molecule has 0 heterocycles. The molecule has 1 aromatic carbocycles. The summed E-state index contributed by atoms with van der Waals surface area (Å²) < 4.78 is 29.0. The first-order valence-corrected chi connectivity index (χ1v) is 6.98. The van der Waals surface area contributed by atoms with E-state index in [4.69, 9.17) is 4.74 Å². The summed E-state index contributed by atoms with van der Waals surface area (Å²) in [6, 6.07) is 6.49. The number of ketones is 1. The van der Waals surface area contributed by atoms with Crippen molar-refractivity contribution in [2.45, 2.75) is 24.7 Å². The van der Waals surface area contributed by atoms with Gasteiger partial charge in [-0.3, -0.25) is 0 Å². The lowest BCUT2D eigenvalue weighted by atomic mass is 10.3. The minimum Gasteiger partial charge on any atom is -0.495 e. The summed E-state index contributed by atoms with van der Waals surface area (Å²) in [5.74, 6) is 0.308. The molecule has 94 valence electrons. The SMILES string of the molecule is COc1ccccc1S(=O)(=O)CCCC(C)=O. The van der Waals surface area contributed by atoms with E-state index < -0.39 is 9.84 Å². The van der Waals surface area contributed by atoms with Crippen LogP contribution in [0.3, 0.4) is 0 Å². The minimum absolute atomic E-state index is 0.000210. The lowest BCUT2D eigenvalue weighted by Gasteiger charge is -2.08. The molecule has 0 saturated carbocycles. The summed E-state index contributed by atoms with van der Waals surface area (Å²) in [7, 11) is -1.94. The van der Waals surface area contributed by atoms with Crippen molar-refractivity contribution >= 4 is 15.6 Å². The highest BCUT2D eigenvalue weighted by molar-refractivity contribution is 7.91. The molecule has 0 aliphatic heterocycles. The molecule has 5 heteroatoms. The van der Waals surface area contributed by atoms with Crippen molar-refractivity contribution in [2.75, 3.05) is 12.9 Å². The molecule has 0 aromatic heterocycles. The van der Waals surface area contributed by atoms with E-state index in [2.05, 4.69) is 0 Å². The Morgan fingerprint density at radius 1 is 1.29 bits per heavy atom. The van der Waals surface area contributed by atoms with Gasteiger partial charge in [-0.25, -0.2) is 8.42 Å². The fraction of sp³-hybridized carbons (Fsp3) is 0.417. The van der Waals surface area contributed by atoms with E-state index in [1.54, 1.807) is 18.2 Å². The smallest absolute Gasteiger partial charge is 0.182 e. The Labute approximate surface area is 102 Å². The molecule has 4 nitrogen and oxygen atoms in total.